The molecule has 2 aromatic rings. The lowest BCUT2D eigenvalue weighted by Crippen LogP contribution is -2.02. The molecule has 2 rings (SSSR count). The first-order valence-electron chi connectivity index (χ1n) is 6.14. The molecule has 0 atom stereocenters. The van der Waals surface area contributed by atoms with Gasteiger partial charge in [-0.3, -0.25) is 0 Å². The topological polar surface area (TPSA) is 56.0 Å². The number of aromatic hydroxyl groups is 1. The van der Waals surface area contributed by atoms with Crippen LogP contribution in [-0.2, 0) is 6.54 Å². The zero-order valence-corrected chi connectivity index (χ0v) is 11.1. The number of aryl methyl sites for hydroxylation is 2. The summed E-state index contributed by atoms with van der Waals surface area (Å²) in [7, 11) is 0. The number of hydrogen-bond acceptors (Lipinski definition) is 3. The molecule has 0 radical (unpaired) electrons. The van der Waals surface area contributed by atoms with Gasteiger partial charge in [0.1, 0.15) is 11.8 Å². The van der Waals surface area contributed by atoms with Gasteiger partial charge in [0.25, 0.3) is 0 Å². The normalized spacial score (nSPS) is 9.95. The molecular weight excluding hydrogens is 236 g/mol. The van der Waals surface area contributed by atoms with E-state index in [1.165, 1.54) is 0 Å². The summed E-state index contributed by atoms with van der Waals surface area (Å²) < 4.78 is 0. The molecule has 3 heteroatoms. The molecule has 0 aliphatic heterocycles. The summed E-state index contributed by atoms with van der Waals surface area (Å²) >= 11 is 0. The van der Waals surface area contributed by atoms with Crippen molar-refractivity contribution in [2.45, 2.75) is 20.4 Å². The molecule has 2 aromatic carbocycles. The van der Waals surface area contributed by atoms with Gasteiger partial charge < -0.3 is 10.4 Å². The van der Waals surface area contributed by atoms with Crippen molar-refractivity contribution in [1.29, 1.82) is 5.26 Å². The summed E-state index contributed by atoms with van der Waals surface area (Å²) in [4.78, 5) is 0. The maximum absolute atomic E-state index is 9.95. The van der Waals surface area contributed by atoms with Gasteiger partial charge in [0, 0.05) is 12.1 Å². The third-order valence-electron chi connectivity index (χ3n) is 3.18. The van der Waals surface area contributed by atoms with Crippen molar-refractivity contribution in [3.63, 3.8) is 0 Å². The van der Waals surface area contributed by atoms with Crippen LogP contribution in [0.15, 0.2) is 36.4 Å². The Morgan fingerprint density at radius 2 is 1.79 bits per heavy atom. The van der Waals surface area contributed by atoms with E-state index < -0.39 is 0 Å². The lowest BCUT2D eigenvalue weighted by atomic mass is 10.1. The van der Waals surface area contributed by atoms with Crippen LogP contribution in [0, 0.1) is 25.2 Å². The molecule has 3 nitrogen and oxygen atoms in total. The molecular formula is C16H16N2O. The molecule has 19 heavy (non-hydrogen) atoms. The number of benzene rings is 2. The van der Waals surface area contributed by atoms with Gasteiger partial charge in [-0.05, 0) is 31.0 Å². The van der Waals surface area contributed by atoms with E-state index in [1.807, 2.05) is 50.2 Å². The lowest BCUT2D eigenvalue weighted by molar-refractivity contribution is 0.465. The standard InChI is InChI=1S/C16H16N2O/c1-11-5-4-8-15(14(11)9-17)18-10-13-7-3-6-12(2)16(13)19/h3-8,18-19H,10H2,1-2H3. The number of hydrogen-bond donors (Lipinski definition) is 2. The van der Waals surface area contributed by atoms with E-state index in [2.05, 4.69) is 11.4 Å². The second-order valence-corrected chi connectivity index (χ2v) is 4.55. The van der Waals surface area contributed by atoms with Crippen LogP contribution in [-0.4, -0.2) is 5.11 Å². The Hall–Kier alpha value is -2.47. The summed E-state index contributed by atoms with van der Waals surface area (Å²) in [5, 5.41) is 22.3. The Labute approximate surface area is 113 Å². The van der Waals surface area contributed by atoms with Crippen LogP contribution in [0.5, 0.6) is 5.75 Å². The minimum absolute atomic E-state index is 0.307. The summed E-state index contributed by atoms with van der Waals surface area (Å²) in [5.41, 5.74) is 4.06. The maximum Gasteiger partial charge on any atom is 0.123 e. The molecule has 0 aliphatic carbocycles. The summed E-state index contributed by atoms with van der Waals surface area (Å²) in [5.74, 6) is 0.307. The fourth-order valence-electron chi connectivity index (χ4n) is 2.02. The van der Waals surface area contributed by atoms with E-state index in [0.717, 1.165) is 22.4 Å². The highest BCUT2D eigenvalue weighted by Crippen LogP contribution is 2.24. The largest absolute Gasteiger partial charge is 0.507 e. The third-order valence-corrected chi connectivity index (χ3v) is 3.18. The van der Waals surface area contributed by atoms with Crippen molar-refractivity contribution in [2.75, 3.05) is 5.32 Å². The van der Waals surface area contributed by atoms with E-state index in [1.54, 1.807) is 0 Å². The molecule has 0 fully saturated rings. The van der Waals surface area contributed by atoms with E-state index in [4.69, 9.17) is 5.26 Å². The van der Waals surface area contributed by atoms with Crippen LogP contribution >= 0.6 is 0 Å². The third kappa shape index (κ3) is 2.69. The highest BCUT2D eigenvalue weighted by Gasteiger charge is 2.07. The number of anilines is 1. The van der Waals surface area contributed by atoms with Crippen molar-refractivity contribution in [3.05, 3.63) is 58.7 Å². The first kappa shape index (κ1) is 13.0. The molecule has 0 spiro atoms. The van der Waals surface area contributed by atoms with Crippen molar-refractivity contribution in [3.8, 4) is 11.8 Å². The van der Waals surface area contributed by atoms with E-state index in [9.17, 15) is 5.11 Å². The molecule has 0 heterocycles. The quantitative estimate of drug-likeness (QED) is 0.879. The smallest absolute Gasteiger partial charge is 0.123 e. The number of nitriles is 1. The predicted molar refractivity (Wildman–Crippen MR) is 76.1 cm³/mol. The minimum atomic E-state index is 0.307. The fourth-order valence-corrected chi connectivity index (χ4v) is 2.02. The van der Waals surface area contributed by atoms with Gasteiger partial charge in [0.15, 0.2) is 0 Å². The number of rotatable bonds is 3. The minimum Gasteiger partial charge on any atom is -0.507 e. The van der Waals surface area contributed by atoms with Crippen LogP contribution < -0.4 is 5.32 Å². The lowest BCUT2D eigenvalue weighted by Gasteiger charge is -2.11. The first-order chi connectivity index (χ1) is 9.13. The Morgan fingerprint density at radius 1 is 1.11 bits per heavy atom. The number of nitrogens with one attached hydrogen (secondary N) is 1. The van der Waals surface area contributed by atoms with Gasteiger partial charge in [-0.2, -0.15) is 5.26 Å². The number of nitrogens with zero attached hydrogens (tertiary/aromatic N) is 1. The molecule has 2 N–H and O–H groups in total. The zero-order valence-electron chi connectivity index (χ0n) is 11.1. The van der Waals surface area contributed by atoms with Gasteiger partial charge in [-0.15, -0.1) is 0 Å². The van der Waals surface area contributed by atoms with Gasteiger partial charge >= 0.3 is 0 Å². The zero-order chi connectivity index (χ0) is 13.8. The summed E-state index contributed by atoms with van der Waals surface area (Å²) in [6.07, 6.45) is 0. The highest BCUT2D eigenvalue weighted by atomic mass is 16.3. The maximum atomic E-state index is 9.95. The van der Waals surface area contributed by atoms with Gasteiger partial charge in [0.2, 0.25) is 0 Å². The molecule has 0 saturated carbocycles. The van der Waals surface area contributed by atoms with Crippen LogP contribution in [0.2, 0.25) is 0 Å². The molecule has 96 valence electrons. The fraction of sp³-hybridized carbons (Fsp3) is 0.188. The van der Waals surface area contributed by atoms with E-state index in [-0.39, 0.29) is 0 Å². The van der Waals surface area contributed by atoms with Crippen LogP contribution in [0.4, 0.5) is 5.69 Å². The molecule has 0 aromatic heterocycles. The Kier molecular flexibility index (Phi) is 3.72. The average Bonchev–Trinajstić information content (AvgIpc) is 2.40. The Balaban J connectivity index is 2.22. The molecule has 0 amide bonds. The van der Waals surface area contributed by atoms with Crippen molar-refractivity contribution in [2.24, 2.45) is 0 Å². The van der Waals surface area contributed by atoms with Crippen molar-refractivity contribution in [1.82, 2.24) is 0 Å². The first-order valence-corrected chi connectivity index (χ1v) is 6.14. The monoisotopic (exact) mass is 252 g/mol. The van der Waals surface area contributed by atoms with Crippen LogP contribution in [0.3, 0.4) is 0 Å². The number of phenolic OH excluding ortho intramolecular Hbond substituents is 1. The Bertz CT molecular complexity index is 642. The SMILES string of the molecule is Cc1cccc(CNc2cccc(C)c2C#N)c1O. The molecule has 0 unspecified atom stereocenters. The van der Waals surface area contributed by atoms with E-state index >= 15 is 0 Å². The Morgan fingerprint density at radius 3 is 2.53 bits per heavy atom. The van der Waals surface area contributed by atoms with Gasteiger partial charge in [-0.25, -0.2) is 0 Å². The summed E-state index contributed by atoms with van der Waals surface area (Å²) in [6.45, 7) is 4.27. The molecule has 0 aliphatic rings. The second kappa shape index (κ2) is 5.45. The number of phenols is 1. The number of para-hydroxylation sites is 1. The predicted octanol–water partition coefficient (Wildman–Crippen LogP) is 3.49. The van der Waals surface area contributed by atoms with Crippen molar-refractivity contribution >= 4 is 5.69 Å². The van der Waals surface area contributed by atoms with Gasteiger partial charge in [0.05, 0.1) is 11.3 Å². The van der Waals surface area contributed by atoms with E-state index in [0.29, 0.717) is 17.9 Å². The highest BCUT2D eigenvalue weighted by molar-refractivity contribution is 5.61. The van der Waals surface area contributed by atoms with Gasteiger partial charge in [-0.1, -0.05) is 30.3 Å². The molecule has 0 saturated heterocycles. The van der Waals surface area contributed by atoms with Crippen LogP contribution in [0.1, 0.15) is 22.3 Å². The summed E-state index contributed by atoms with van der Waals surface area (Å²) in [6, 6.07) is 13.5. The average molecular weight is 252 g/mol. The second-order valence-electron chi connectivity index (χ2n) is 4.55. The van der Waals surface area contributed by atoms with Crippen LogP contribution in [0.25, 0.3) is 0 Å². The van der Waals surface area contributed by atoms with Crippen molar-refractivity contribution < 1.29 is 5.11 Å². The molecule has 0 bridgehead atoms.